The molecule has 196 valence electrons. The predicted molar refractivity (Wildman–Crippen MR) is 164 cm³/mol. The van der Waals surface area contributed by atoms with Crippen molar-refractivity contribution in [1.29, 1.82) is 0 Å². The molecule has 4 nitrogen and oxygen atoms in total. The van der Waals surface area contributed by atoms with Gasteiger partial charge in [0.1, 0.15) is 6.04 Å². The lowest BCUT2D eigenvalue weighted by atomic mass is 9.84. The minimum atomic E-state index is -0.880. The van der Waals surface area contributed by atoms with Gasteiger partial charge in [0.15, 0.2) is 5.13 Å². The average molecular weight is 551 g/mol. The molecule has 2 N–H and O–H groups in total. The predicted octanol–water partition coefficient (Wildman–Crippen LogP) is 8.10. The van der Waals surface area contributed by atoms with Gasteiger partial charge in [-0.3, -0.25) is 0 Å². The van der Waals surface area contributed by atoms with E-state index in [1.54, 1.807) is 11.8 Å². The van der Waals surface area contributed by atoms with E-state index >= 15 is 0 Å². The Morgan fingerprint density at radius 2 is 1.28 bits per heavy atom. The van der Waals surface area contributed by atoms with Gasteiger partial charge in [0.05, 0.1) is 10.4 Å². The van der Waals surface area contributed by atoms with E-state index in [1.165, 1.54) is 11.3 Å². The third kappa shape index (κ3) is 5.92. The Kier molecular flexibility index (Phi) is 8.45. The molecule has 0 radical (unpaired) electrons. The molecular weight excluding hydrogens is 521 g/mol. The SMILES string of the molecule is Cc1sc(NC(CCSC(c2ccccc2)(c2ccccc2)c2ccccc2)C(=O)O)nc1-c1ccccc1. The number of benzene rings is 4. The molecule has 0 amide bonds. The van der Waals surface area contributed by atoms with Crippen LogP contribution in [0.15, 0.2) is 121 Å². The van der Waals surface area contributed by atoms with Crippen LogP contribution in [0.3, 0.4) is 0 Å². The van der Waals surface area contributed by atoms with Gasteiger partial charge < -0.3 is 10.4 Å². The zero-order valence-corrected chi connectivity index (χ0v) is 23.3. The first-order valence-corrected chi connectivity index (χ1v) is 14.7. The Morgan fingerprint density at radius 3 is 1.74 bits per heavy atom. The van der Waals surface area contributed by atoms with Crippen molar-refractivity contribution in [3.8, 4) is 11.3 Å². The highest BCUT2D eigenvalue weighted by molar-refractivity contribution is 8.00. The van der Waals surface area contributed by atoms with Gasteiger partial charge in [0.25, 0.3) is 0 Å². The molecular formula is C33H30N2O2S2. The van der Waals surface area contributed by atoms with Gasteiger partial charge in [0.2, 0.25) is 0 Å². The maximum Gasteiger partial charge on any atom is 0.326 e. The number of nitrogens with zero attached hydrogens (tertiary/aromatic N) is 1. The number of aliphatic carboxylic acids is 1. The van der Waals surface area contributed by atoms with Crippen LogP contribution in [0.4, 0.5) is 5.13 Å². The van der Waals surface area contributed by atoms with Gasteiger partial charge in [-0.15, -0.1) is 23.1 Å². The lowest BCUT2D eigenvalue weighted by molar-refractivity contribution is -0.137. The van der Waals surface area contributed by atoms with Gasteiger partial charge in [0, 0.05) is 10.4 Å². The molecule has 5 rings (SSSR count). The number of aromatic nitrogens is 1. The second-order valence-corrected chi connectivity index (χ2v) is 11.8. The van der Waals surface area contributed by atoms with Crippen molar-refractivity contribution in [2.75, 3.05) is 11.1 Å². The van der Waals surface area contributed by atoms with Crippen LogP contribution in [0.25, 0.3) is 11.3 Å². The number of carbonyl (C=O) groups is 1. The van der Waals surface area contributed by atoms with Crippen LogP contribution >= 0.6 is 23.1 Å². The number of nitrogens with one attached hydrogen (secondary N) is 1. The number of carboxylic acids is 1. The standard InChI is InChI=1S/C33H30N2O2S2/c1-24-30(25-14-6-2-7-15-25)35-32(39-24)34-29(31(36)37)22-23-38-33(26-16-8-3-9-17-26,27-18-10-4-11-19-27)28-20-12-5-13-21-28/h2-21,29H,22-23H2,1H3,(H,34,35)(H,36,37). The maximum absolute atomic E-state index is 12.3. The number of thioether (sulfide) groups is 1. The quantitative estimate of drug-likeness (QED) is 0.163. The lowest BCUT2D eigenvalue weighted by Gasteiger charge is -2.35. The first kappa shape index (κ1) is 26.7. The molecule has 39 heavy (non-hydrogen) atoms. The van der Waals surface area contributed by atoms with Gasteiger partial charge in [-0.25, -0.2) is 9.78 Å². The van der Waals surface area contributed by atoms with E-state index in [0.29, 0.717) is 17.3 Å². The highest BCUT2D eigenvalue weighted by Crippen LogP contribution is 2.48. The second kappa shape index (κ2) is 12.3. The van der Waals surface area contributed by atoms with E-state index in [-0.39, 0.29) is 0 Å². The van der Waals surface area contributed by atoms with Crippen LogP contribution < -0.4 is 5.32 Å². The molecule has 1 heterocycles. The number of anilines is 1. The lowest BCUT2D eigenvalue weighted by Crippen LogP contribution is -2.31. The molecule has 0 bridgehead atoms. The van der Waals surface area contributed by atoms with E-state index in [2.05, 4.69) is 78.1 Å². The van der Waals surface area contributed by atoms with Crippen molar-refractivity contribution in [2.24, 2.45) is 0 Å². The van der Waals surface area contributed by atoms with Crippen LogP contribution in [-0.4, -0.2) is 27.9 Å². The highest BCUT2D eigenvalue weighted by Gasteiger charge is 2.37. The Hall–Kier alpha value is -3.87. The molecule has 4 aromatic carbocycles. The molecule has 0 fully saturated rings. The normalized spacial score (nSPS) is 12.1. The van der Waals surface area contributed by atoms with Crippen molar-refractivity contribution in [2.45, 2.75) is 24.1 Å². The minimum Gasteiger partial charge on any atom is -0.480 e. The van der Waals surface area contributed by atoms with Crippen LogP contribution in [0.5, 0.6) is 0 Å². The summed E-state index contributed by atoms with van der Waals surface area (Å²) in [7, 11) is 0. The number of aryl methyl sites for hydroxylation is 1. The zero-order chi connectivity index (χ0) is 27.1. The summed E-state index contributed by atoms with van der Waals surface area (Å²) in [5, 5.41) is 14.0. The van der Waals surface area contributed by atoms with Gasteiger partial charge >= 0.3 is 5.97 Å². The fourth-order valence-corrected chi connectivity index (χ4v) is 7.28. The molecule has 0 saturated carbocycles. The Labute approximate surface area is 237 Å². The molecule has 0 aliphatic heterocycles. The van der Waals surface area contributed by atoms with Crippen LogP contribution in [-0.2, 0) is 9.54 Å². The first-order chi connectivity index (χ1) is 19.1. The van der Waals surface area contributed by atoms with E-state index in [0.717, 1.165) is 32.8 Å². The molecule has 1 aromatic heterocycles. The largest absolute Gasteiger partial charge is 0.480 e. The summed E-state index contributed by atoms with van der Waals surface area (Å²) in [6.07, 6.45) is 0.438. The first-order valence-electron chi connectivity index (χ1n) is 12.9. The van der Waals surface area contributed by atoms with Crippen LogP contribution in [0.2, 0.25) is 0 Å². The Bertz CT molecular complexity index is 1390. The van der Waals surface area contributed by atoms with Crippen molar-refractivity contribution in [1.82, 2.24) is 4.98 Å². The van der Waals surface area contributed by atoms with E-state index in [1.807, 2.05) is 55.5 Å². The topological polar surface area (TPSA) is 62.2 Å². The number of thiazole rings is 1. The molecule has 0 aliphatic rings. The summed E-state index contributed by atoms with van der Waals surface area (Å²) < 4.78 is -0.481. The molecule has 6 heteroatoms. The molecule has 0 saturated heterocycles. The summed E-state index contributed by atoms with van der Waals surface area (Å²) in [5.74, 6) is -0.257. The fraction of sp³-hybridized carbons (Fsp3) is 0.152. The molecule has 0 aliphatic carbocycles. The van der Waals surface area contributed by atoms with Crippen molar-refractivity contribution in [3.05, 3.63) is 143 Å². The molecule has 1 unspecified atom stereocenters. The Balaban J connectivity index is 1.42. The highest BCUT2D eigenvalue weighted by atomic mass is 32.2. The van der Waals surface area contributed by atoms with Crippen molar-refractivity contribution < 1.29 is 9.90 Å². The number of carboxylic acid groups (broad SMARTS) is 1. The number of rotatable bonds is 11. The third-order valence-corrected chi connectivity index (χ3v) is 9.19. The van der Waals surface area contributed by atoms with E-state index in [4.69, 9.17) is 4.98 Å². The third-order valence-electron chi connectivity index (χ3n) is 6.71. The summed E-state index contributed by atoms with van der Waals surface area (Å²) in [6, 6.07) is 40.6. The monoisotopic (exact) mass is 550 g/mol. The molecule has 0 spiro atoms. The number of hydrogen-bond acceptors (Lipinski definition) is 5. The van der Waals surface area contributed by atoms with Crippen LogP contribution in [0, 0.1) is 6.92 Å². The smallest absolute Gasteiger partial charge is 0.326 e. The van der Waals surface area contributed by atoms with Gasteiger partial charge in [-0.2, -0.15) is 0 Å². The summed E-state index contributed by atoms with van der Waals surface area (Å²) >= 11 is 3.26. The maximum atomic E-state index is 12.3. The fourth-order valence-electron chi connectivity index (χ4n) is 4.83. The van der Waals surface area contributed by atoms with E-state index in [9.17, 15) is 9.90 Å². The molecule has 1 atom stereocenters. The zero-order valence-electron chi connectivity index (χ0n) is 21.7. The second-order valence-electron chi connectivity index (χ2n) is 9.24. The summed E-state index contributed by atoms with van der Waals surface area (Å²) in [4.78, 5) is 18.1. The van der Waals surface area contributed by atoms with E-state index < -0.39 is 16.8 Å². The summed E-state index contributed by atoms with van der Waals surface area (Å²) in [6.45, 7) is 2.02. The van der Waals surface area contributed by atoms with Gasteiger partial charge in [-0.1, -0.05) is 121 Å². The number of hydrogen-bond donors (Lipinski definition) is 2. The van der Waals surface area contributed by atoms with Gasteiger partial charge in [-0.05, 0) is 35.8 Å². The summed E-state index contributed by atoms with van der Waals surface area (Å²) in [5.41, 5.74) is 5.40. The average Bonchev–Trinajstić information content (AvgIpc) is 3.36. The Morgan fingerprint density at radius 1 is 0.821 bits per heavy atom. The van der Waals surface area contributed by atoms with Crippen molar-refractivity contribution >= 4 is 34.2 Å². The van der Waals surface area contributed by atoms with Crippen LogP contribution in [0.1, 0.15) is 28.0 Å². The van der Waals surface area contributed by atoms with Crippen molar-refractivity contribution in [3.63, 3.8) is 0 Å². The molecule has 5 aromatic rings. The minimum absolute atomic E-state index is 0.438.